The fourth-order valence-electron chi connectivity index (χ4n) is 6.38. The van der Waals surface area contributed by atoms with E-state index in [1.54, 1.807) is 12.1 Å². The Balaban J connectivity index is 1.24. The van der Waals surface area contributed by atoms with Crippen LogP contribution in [0.5, 0.6) is 0 Å². The van der Waals surface area contributed by atoms with Gasteiger partial charge in [-0.15, -0.1) is 0 Å². The van der Waals surface area contributed by atoms with Crippen molar-refractivity contribution in [1.82, 2.24) is 29.4 Å². The number of imidazole rings is 1. The second-order valence-electron chi connectivity index (χ2n) is 11.7. The van der Waals surface area contributed by atoms with Gasteiger partial charge in [0, 0.05) is 36.9 Å². The van der Waals surface area contributed by atoms with Gasteiger partial charge in [-0.2, -0.15) is 0 Å². The molecule has 2 aliphatic rings. The van der Waals surface area contributed by atoms with E-state index in [0.29, 0.717) is 23.5 Å². The Morgan fingerprint density at radius 2 is 1.74 bits per heavy atom. The minimum atomic E-state index is -0.299. The summed E-state index contributed by atoms with van der Waals surface area (Å²) >= 11 is 0. The standard InChI is InChI=1S/C35H35FN6O/c36-28-11-5-24(6-12-28)21-32-35(43)40-29-22-31-33(23-30(29)38-32)42(20-4-19-41-17-2-1-3-18-41)34(39-31)27-9-7-25(8-10-27)26-13-15-37-16-14-26/h5-7,9-16,22-23,25H,1-4,8,17-21H2,(H,40,43). The normalized spacial score (nSPS) is 17.5. The number of piperidine rings is 1. The third-order valence-electron chi connectivity index (χ3n) is 8.71. The number of nitrogens with zero attached hydrogens (tertiary/aromatic N) is 5. The molecule has 5 aromatic rings. The molecule has 0 spiro atoms. The van der Waals surface area contributed by atoms with Gasteiger partial charge in [0.15, 0.2) is 0 Å². The van der Waals surface area contributed by atoms with Crippen molar-refractivity contribution in [2.45, 2.75) is 51.0 Å². The van der Waals surface area contributed by atoms with Crippen LogP contribution in [0.1, 0.15) is 60.7 Å². The number of hydrogen-bond donors (Lipinski definition) is 1. The first-order valence-corrected chi connectivity index (χ1v) is 15.3. The lowest BCUT2D eigenvalue weighted by Crippen LogP contribution is -2.31. The Morgan fingerprint density at radius 1 is 0.930 bits per heavy atom. The Morgan fingerprint density at radius 3 is 2.51 bits per heavy atom. The molecule has 8 heteroatoms. The monoisotopic (exact) mass is 574 g/mol. The summed E-state index contributed by atoms with van der Waals surface area (Å²) in [6.07, 6.45) is 16.6. The first kappa shape index (κ1) is 27.4. The van der Waals surface area contributed by atoms with Crippen LogP contribution in [-0.4, -0.2) is 49.0 Å². The zero-order valence-electron chi connectivity index (χ0n) is 24.2. The van der Waals surface area contributed by atoms with Crippen LogP contribution in [0.4, 0.5) is 4.39 Å². The molecule has 1 fully saturated rings. The Kier molecular flexibility index (Phi) is 7.68. The van der Waals surface area contributed by atoms with Crippen molar-refractivity contribution in [2.75, 3.05) is 19.6 Å². The van der Waals surface area contributed by atoms with Gasteiger partial charge in [0.05, 0.1) is 22.1 Å². The van der Waals surface area contributed by atoms with Crippen LogP contribution >= 0.6 is 0 Å². The molecule has 1 aliphatic carbocycles. The first-order valence-electron chi connectivity index (χ1n) is 15.3. The van der Waals surface area contributed by atoms with E-state index in [4.69, 9.17) is 9.97 Å². The van der Waals surface area contributed by atoms with E-state index < -0.39 is 0 Å². The van der Waals surface area contributed by atoms with E-state index in [0.717, 1.165) is 59.4 Å². The molecule has 43 heavy (non-hydrogen) atoms. The largest absolute Gasteiger partial charge is 0.324 e. The fourth-order valence-corrected chi connectivity index (χ4v) is 6.38. The molecular weight excluding hydrogens is 539 g/mol. The van der Waals surface area contributed by atoms with Crippen LogP contribution in [0.3, 0.4) is 0 Å². The Labute approximate surface area is 249 Å². The minimum absolute atomic E-state index is 0.238. The maximum Gasteiger partial charge on any atom is 0.270 e. The van der Waals surface area contributed by atoms with Crippen molar-refractivity contribution in [1.29, 1.82) is 0 Å². The maximum absolute atomic E-state index is 13.4. The number of H-pyrrole nitrogens is 1. The number of fused-ring (bicyclic) bond motifs is 2. The smallest absolute Gasteiger partial charge is 0.270 e. The highest BCUT2D eigenvalue weighted by Crippen LogP contribution is 2.32. The van der Waals surface area contributed by atoms with Crippen LogP contribution in [0.25, 0.3) is 27.6 Å². The molecular formula is C35H35FN6O. The number of aromatic nitrogens is 5. The highest BCUT2D eigenvalue weighted by molar-refractivity contribution is 5.93. The number of aryl methyl sites for hydroxylation is 1. The van der Waals surface area contributed by atoms with Gasteiger partial charge in [-0.1, -0.05) is 36.8 Å². The van der Waals surface area contributed by atoms with Crippen LogP contribution in [0.15, 0.2) is 83.9 Å². The number of nitrogens with one attached hydrogen (secondary N) is 1. The molecule has 4 heterocycles. The molecule has 0 saturated carbocycles. The Hall–Kier alpha value is -4.43. The maximum atomic E-state index is 13.4. The van der Waals surface area contributed by atoms with Gasteiger partial charge in [-0.3, -0.25) is 9.78 Å². The van der Waals surface area contributed by atoms with Gasteiger partial charge in [-0.25, -0.2) is 14.4 Å². The van der Waals surface area contributed by atoms with Gasteiger partial charge < -0.3 is 14.5 Å². The molecule has 0 bridgehead atoms. The molecule has 7 nitrogen and oxygen atoms in total. The quantitative estimate of drug-likeness (QED) is 0.232. The number of aromatic amines is 1. The van der Waals surface area contributed by atoms with Crippen molar-refractivity contribution in [3.05, 3.63) is 118 Å². The van der Waals surface area contributed by atoms with E-state index in [1.165, 1.54) is 50.0 Å². The molecule has 3 aromatic heterocycles. The summed E-state index contributed by atoms with van der Waals surface area (Å²) in [6, 6.07) is 14.4. The van der Waals surface area contributed by atoms with Crippen LogP contribution < -0.4 is 5.56 Å². The Bertz CT molecular complexity index is 1870. The second-order valence-corrected chi connectivity index (χ2v) is 11.7. The number of halogens is 1. The number of hydrogen-bond acceptors (Lipinski definition) is 5. The zero-order chi connectivity index (χ0) is 29.2. The second kappa shape index (κ2) is 12.1. The number of likely N-dealkylation sites (tertiary alicyclic amines) is 1. The van der Waals surface area contributed by atoms with Crippen LogP contribution in [-0.2, 0) is 13.0 Å². The molecule has 1 unspecified atom stereocenters. The summed E-state index contributed by atoms with van der Waals surface area (Å²) in [7, 11) is 0. The molecule has 218 valence electrons. The van der Waals surface area contributed by atoms with Crippen LogP contribution in [0, 0.1) is 5.82 Å². The molecule has 1 saturated heterocycles. The van der Waals surface area contributed by atoms with Crippen molar-refractivity contribution < 1.29 is 4.39 Å². The van der Waals surface area contributed by atoms with E-state index in [9.17, 15) is 9.18 Å². The number of benzene rings is 2. The third-order valence-corrected chi connectivity index (χ3v) is 8.71. The molecule has 2 aromatic carbocycles. The lowest BCUT2D eigenvalue weighted by molar-refractivity contribution is 0.223. The fraction of sp³-hybridized carbons (Fsp3) is 0.314. The third kappa shape index (κ3) is 5.92. The molecule has 1 atom stereocenters. The number of pyridine rings is 1. The summed E-state index contributed by atoms with van der Waals surface area (Å²) < 4.78 is 15.7. The predicted octanol–water partition coefficient (Wildman–Crippen LogP) is 6.40. The van der Waals surface area contributed by atoms with Crippen molar-refractivity contribution >= 4 is 27.6 Å². The molecule has 0 radical (unpaired) electrons. The number of rotatable bonds is 8. The van der Waals surface area contributed by atoms with E-state index >= 15 is 0 Å². The van der Waals surface area contributed by atoms with E-state index in [1.807, 2.05) is 18.5 Å². The summed E-state index contributed by atoms with van der Waals surface area (Å²) in [5.74, 6) is 0.967. The van der Waals surface area contributed by atoms with Crippen molar-refractivity contribution in [3.63, 3.8) is 0 Å². The zero-order valence-corrected chi connectivity index (χ0v) is 24.2. The molecule has 1 N–H and O–H groups in total. The average Bonchev–Trinajstić information content (AvgIpc) is 3.39. The van der Waals surface area contributed by atoms with Crippen molar-refractivity contribution in [2.24, 2.45) is 0 Å². The first-order chi connectivity index (χ1) is 21.1. The highest BCUT2D eigenvalue weighted by atomic mass is 19.1. The minimum Gasteiger partial charge on any atom is -0.324 e. The number of allylic oxidation sites excluding steroid dienone is 4. The molecule has 1 aliphatic heterocycles. The van der Waals surface area contributed by atoms with Crippen molar-refractivity contribution in [3.8, 4) is 0 Å². The summed E-state index contributed by atoms with van der Waals surface area (Å²) in [6.45, 7) is 4.28. The highest BCUT2D eigenvalue weighted by Gasteiger charge is 2.20. The lowest BCUT2D eigenvalue weighted by Gasteiger charge is -2.26. The van der Waals surface area contributed by atoms with Gasteiger partial charge >= 0.3 is 0 Å². The van der Waals surface area contributed by atoms with Gasteiger partial charge in [0.25, 0.3) is 5.56 Å². The SMILES string of the molecule is O=c1[nH]c2cc3nc(C4=CCC(c5ccncc5)C=C4)n(CCCN4CCCCC4)c3cc2nc1Cc1ccc(F)cc1. The topological polar surface area (TPSA) is 79.7 Å². The van der Waals surface area contributed by atoms with Gasteiger partial charge in [0.2, 0.25) is 0 Å². The summed E-state index contributed by atoms with van der Waals surface area (Å²) in [5, 5.41) is 0. The van der Waals surface area contributed by atoms with Gasteiger partial charge in [-0.05, 0) is 92.8 Å². The van der Waals surface area contributed by atoms with Gasteiger partial charge in [0.1, 0.15) is 17.3 Å². The molecule has 7 rings (SSSR count). The molecule has 0 amide bonds. The van der Waals surface area contributed by atoms with E-state index in [-0.39, 0.29) is 11.4 Å². The van der Waals surface area contributed by atoms with E-state index in [2.05, 4.69) is 55.9 Å². The summed E-state index contributed by atoms with van der Waals surface area (Å²) in [5.41, 5.74) is 6.62. The summed E-state index contributed by atoms with van der Waals surface area (Å²) in [4.78, 5) is 32.6. The lowest BCUT2D eigenvalue weighted by atomic mass is 9.90. The van der Waals surface area contributed by atoms with Crippen LogP contribution in [0.2, 0.25) is 0 Å². The predicted molar refractivity (Wildman–Crippen MR) is 168 cm³/mol. The average molecular weight is 575 g/mol.